The number of aliphatic hydroxyl groups is 1. The van der Waals surface area contributed by atoms with Gasteiger partial charge in [-0.2, -0.15) is 0 Å². The predicted octanol–water partition coefficient (Wildman–Crippen LogP) is 6.63. The van der Waals surface area contributed by atoms with Gasteiger partial charge in [-0.05, 0) is 91.7 Å². The number of hydrogen-bond acceptors (Lipinski definition) is 8. The van der Waals surface area contributed by atoms with E-state index < -0.39 is 23.5 Å². The fourth-order valence-corrected chi connectivity index (χ4v) is 3.84. The molecule has 0 fully saturated rings. The molecule has 8 heteroatoms. The Morgan fingerprint density at radius 2 is 1.39 bits per heavy atom. The third-order valence-corrected chi connectivity index (χ3v) is 6.34. The van der Waals surface area contributed by atoms with Crippen LogP contribution in [0.2, 0.25) is 0 Å². The first-order chi connectivity index (χ1) is 19.7. The quantitative estimate of drug-likeness (QED) is 0.0726. The summed E-state index contributed by atoms with van der Waals surface area (Å²) in [6, 6.07) is 17.3. The zero-order chi connectivity index (χ0) is 29.8. The van der Waals surface area contributed by atoms with E-state index >= 15 is 0 Å². The van der Waals surface area contributed by atoms with Gasteiger partial charge in [0.05, 0.1) is 17.7 Å². The minimum atomic E-state index is -2.03. The molecule has 0 radical (unpaired) electrons. The Balaban J connectivity index is 1.56. The van der Waals surface area contributed by atoms with Gasteiger partial charge in [0.25, 0.3) is 5.79 Å². The minimum Gasteiger partial charge on any atom is -0.494 e. The van der Waals surface area contributed by atoms with Gasteiger partial charge >= 0.3 is 11.9 Å². The van der Waals surface area contributed by atoms with E-state index in [1.165, 1.54) is 43.2 Å². The molecule has 3 rings (SSSR count). The highest BCUT2D eigenvalue weighted by Gasteiger charge is 2.34. The summed E-state index contributed by atoms with van der Waals surface area (Å²) in [7, 11) is 0. The van der Waals surface area contributed by atoms with Crippen molar-refractivity contribution in [3.63, 3.8) is 0 Å². The summed E-state index contributed by atoms with van der Waals surface area (Å²) in [4.78, 5) is 37.2. The summed E-state index contributed by atoms with van der Waals surface area (Å²) < 4.78 is 22.1. The lowest BCUT2D eigenvalue weighted by molar-refractivity contribution is -0.168. The average Bonchev–Trinajstić information content (AvgIpc) is 2.98. The summed E-state index contributed by atoms with van der Waals surface area (Å²) in [5, 5.41) is 10.4. The maximum absolute atomic E-state index is 12.6. The first-order valence-corrected chi connectivity index (χ1v) is 13.6. The molecule has 0 heterocycles. The molecule has 0 saturated carbocycles. The maximum Gasteiger partial charge on any atom is 0.343 e. The van der Waals surface area contributed by atoms with Crippen LogP contribution in [-0.4, -0.2) is 35.2 Å². The number of aryl methyl sites for hydroxylation is 1. The molecule has 0 aromatic heterocycles. The zero-order valence-corrected chi connectivity index (χ0v) is 23.7. The normalized spacial score (nSPS) is 12.1. The Morgan fingerprint density at radius 1 is 0.805 bits per heavy atom. The smallest absolute Gasteiger partial charge is 0.343 e. The standard InChI is InChI=1S/C33H36O8/c1-5-8-9-10-21-38-26-15-11-25(12-16-26)32(36)40-29-20-19-28(22-23(29)4)39-31(35)24-13-17-27(18-14-24)41-33(37,7-3)30(34)6-2/h6,11-20,22,37H,2,5,7-10,21H2,1,3-4H3. The Hall–Kier alpha value is -4.43. The molecule has 0 bridgehead atoms. The number of unbranched alkanes of at least 4 members (excludes halogenated alkanes) is 3. The van der Waals surface area contributed by atoms with Crippen LogP contribution in [0, 0.1) is 6.92 Å². The van der Waals surface area contributed by atoms with Crippen LogP contribution in [0.25, 0.3) is 0 Å². The molecule has 0 aliphatic heterocycles. The third kappa shape index (κ3) is 8.78. The topological polar surface area (TPSA) is 108 Å². The highest BCUT2D eigenvalue weighted by Crippen LogP contribution is 2.26. The lowest BCUT2D eigenvalue weighted by Crippen LogP contribution is -2.42. The Bertz CT molecular complexity index is 1340. The van der Waals surface area contributed by atoms with E-state index in [0.29, 0.717) is 29.2 Å². The lowest BCUT2D eigenvalue weighted by Gasteiger charge is -2.25. The molecule has 41 heavy (non-hydrogen) atoms. The molecule has 0 spiro atoms. The Kier molecular flexibility index (Phi) is 11.2. The van der Waals surface area contributed by atoms with Crippen LogP contribution in [0.1, 0.15) is 72.2 Å². The number of rotatable bonds is 15. The molecule has 0 aliphatic rings. The van der Waals surface area contributed by atoms with Gasteiger partial charge in [-0.1, -0.05) is 39.7 Å². The first-order valence-electron chi connectivity index (χ1n) is 13.6. The Morgan fingerprint density at radius 3 is 1.95 bits per heavy atom. The SMILES string of the molecule is C=CC(=O)C(O)(CC)Oc1ccc(C(=O)Oc2ccc(OC(=O)c3ccc(OCCCCCC)cc3)c(C)c2)cc1. The largest absolute Gasteiger partial charge is 0.494 e. The number of carbonyl (C=O) groups is 3. The van der Waals surface area contributed by atoms with Crippen LogP contribution in [-0.2, 0) is 4.79 Å². The lowest BCUT2D eigenvalue weighted by atomic mass is 10.1. The highest BCUT2D eigenvalue weighted by molar-refractivity contribution is 5.95. The number of hydrogen-bond donors (Lipinski definition) is 1. The van der Waals surface area contributed by atoms with Crippen molar-refractivity contribution in [3.8, 4) is 23.0 Å². The van der Waals surface area contributed by atoms with E-state index in [2.05, 4.69) is 13.5 Å². The van der Waals surface area contributed by atoms with E-state index in [4.69, 9.17) is 18.9 Å². The van der Waals surface area contributed by atoms with Crippen molar-refractivity contribution in [2.45, 2.75) is 58.7 Å². The van der Waals surface area contributed by atoms with E-state index in [-0.39, 0.29) is 23.5 Å². The van der Waals surface area contributed by atoms with Crippen molar-refractivity contribution in [2.24, 2.45) is 0 Å². The summed E-state index contributed by atoms with van der Waals surface area (Å²) in [6.07, 6.45) is 5.50. The van der Waals surface area contributed by atoms with E-state index in [1.807, 2.05) is 0 Å². The van der Waals surface area contributed by atoms with Gasteiger partial charge in [0.1, 0.15) is 23.0 Å². The zero-order valence-electron chi connectivity index (χ0n) is 23.7. The van der Waals surface area contributed by atoms with Crippen molar-refractivity contribution < 1.29 is 38.4 Å². The van der Waals surface area contributed by atoms with Crippen molar-refractivity contribution in [3.05, 3.63) is 96.1 Å². The minimum absolute atomic E-state index is 0.0206. The fraction of sp³-hybridized carbons (Fsp3) is 0.303. The number of benzene rings is 3. The molecule has 1 N–H and O–H groups in total. The molecule has 3 aromatic carbocycles. The molecular formula is C33H36O8. The van der Waals surface area contributed by atoms with Crippen molar-refractivity contribution in [2.75, 3.05) is 6.61 Å². The molecule has 1 unspecified atom stereocenters. The Labute approximate surface area is 240 Å². The van der Waals surface area contributed by atoms with Crippen LogP contribution >= 0.6 is 0 Å². The van der Waals surface area contributed by atoms with Gasteiger partial charge in [0.2, 0.25) is 5.78 Å². The van der Waals surface area contributed by atoms with Gasteiger partial charge in [-0.25, -0.2) is 9.59 Å². The molecule has 1 atom stereocenters. The number of carbonyl (C=O) groups excluding carboxylic acids is 3. The van der Waals surface area contributed by atoms with E-state index in [1.54, 1.807) is 50.2 Å². The molecule has 0 saturated heterocycles. The number of ether oxygens (including phenoxy) is 4. The summed E-state index contributed by atoms with van der Waals surface area (Å²) >= 11 is 0. The number of ketones is 1. The van der Waals surface area contributed by atoms with E-state index in [0.717, 1.165) is 18.9 Å². The van der Waals surface area contributed by atoms with Crippen LogP contribution < -0.4 is 18.9 Å². The summed E-state index contributed by atoms with van der Waals surface area (Å²) in [5.74, 6) is -2.32. The van der Waals surface area contributed by atoms with Crippen molar-refractivity contribution in [1.29, 1.82) is 0 Å². The molecule has 8 nitrogen and oxygen atoms in total. The van der Waals surface area contributed by atoms with Crippen LogP contribution in [0.5, 0.6) is 23.0 Å². The summed E-state index contributed by atoms with van der Waals surface area (Å²) in [6.45, 7) is 9.51. The molecule has 3 aromatic rings. The average molecular weight is 561 g/mol. The monoisotopic (exact) mass is 560 g/mol. The first kappa shape index (κ1) is 31.1. The second-order valence-electron chi connectivity index (χ2n) is 9.47. The second-order valence-corrected chi connectivity index (χ2v) is 9.47. The third-order valence-electron chi connectivity index (χ3n) is 6.34. The highest BCUT2D eigenvalue weighted by atomic mass is 16.6. The van der Waals surface area contributed by atoms with E-state index in [9.17, 15) is 19.5 Å². The predicted molar refractivity (Wildman–Crippen MR) is 155 cm³/mol. The summed E-state index contributed by atoms with van der Waals surface area (Å²) in [5.41, 5.74) is 1.22. The van der Waals surface area contributed by atoms with Gasteiger partial charge in [-0.15, -0.1) is 0 Å². The molecule has 216 valence electrons. The van der Waals surface area contributed by atoms with Crippen molar-refractivity contribution >= 4 is 17.7 Å². The van der Waals surface area contributed by atoms with Crippen LogP contribution in [0.3, 0.4) is 0 Å². The number of esters is 2. The van der Waals surface area contributed by atoms with Crippen molar-refractivity contribution in [1.82, 2.24) is 0 Å². The second kappa shape index (κ2) is 14.8. The van der Waals surface area contributed by atoms with Gasteiger partial charge < -0.3 is 24.1 Å². The van der Waals surface area contributed by atoms with Gasteiger partial charge in [-0.3, -0.25) is 4.79 Å². The van der Waals surface area contributed by atoms with Crippen LogP contribution in [0.15, 0.2) is 79.4 Å². The molecule has 0 amide bonds. The van der Waals surface area contributed by atoms with Crippen LogP contribution in [0.4, 0.5) is 0 Å². The maximum atomic E-state index is 12.6. The van der Waals surface area contributed by atoms with Gasteiger partial charge in [0.15, 0.2) is 0 Å². The molecule has 0 aliphatic carbocycles. The fourth-order valence-electron chi connectivity index (χ4n) is 3.84. The molecular weight excluding hydrogens is 524 g/mol. The van der Waals surface area contributed by atoms with Gasteiger partial charge in [0, 0.05) is 6.42 Å².